The lowest BCUT2D eigenvalue weighted by Gasteiger charge is -2.10. The van der Waals surface area contributed by atoms with E-state index in [9.17, 15) is 8.42 Å². The standard InChI is InChI=1S/C14H9Cl3N6O3S/c1-5-3-4-6(15)9(8(5)16)22-27(24,25)14-19-11-7-10(17)18-13(23(11)21-14)20-12(7)26-2/h3-4,22H,1-2H3. The highest BCUT2D eigenvalue weighted by atomic mass is 35.5. The monoisotopic (exact) mass is 446 g/mol. The van der Waals surface area contributed by atoms with Crippen LogP contribution in [0.1, 0.15) is 5.56 Å². The number of methoxy groups -OCH3 is 1. The Morgan fingerprint density at radius 1 is 1.15 bits per heavy atom. The maximum atomic E-state index is 12.8. The zero-order chi connectivity index (χ0) is 19.5. The van der Waals surface area contributed by atoms with Crippen molar-refractivity contribution in [2.24, 2.45) is 0 Å². The van der Waals surface area contributed by atoms with E-state index >= 15 is 0 Å². The summed E-state index contributed by atoms with van der Waals surface area (Å²) in [4.78, 5) is 12.2. The minimum Gasteiger partial charge on any atom is -0.480 e. The van der Waals surface area contributed by atoms with Crippen LogP contribution in [0.3, 0.4) is 0 Å². The molecule has 0 radical (unpaired) electrons. The molecule has 0 aliphatic carbocycles. The second kappa shape index (κ2) is 6.20. The number of aryl methyl sites for hydroxylation is 1. The zero-order valence-electron chi connectivity index (χ0n) is 13.7. The van der Waals surface area contributed by atoms with E-state index in [0.29, 0.717) is 5.56 Å². The van der Waals surface area contributed by atoms with Gasteiger partial charge in [-0.15, -0.1) is 5.10 Å². The number of fused-ring (bicyclic) bond motifs is 2. The van der Waals surface area contributed by atoms with E-state index in [4.69, 9.17) is 39.5 Å². The van der Waals surface area contributed by atoms with E-state index in [-0.39, 0.29) is 43.6 Å². The molecule has 5 rings (SSSR count). The molecule has 2 bridgehead atoms. The maximum Gasteiger partial charge on any atom is 0.299 e. The molecule has 4 heterocycles. The van der Waals surface area contributed by atoms with Gasteiger partial charge >= 0.3 is 0 Å². The molecular formula is C14H9Cl3N6O3S. The Morgan fingerprint density at radius 3 is 2.59 bits per heavy atom. The molecule has 0 saturated heterocycles. The van der Waals surface area contributed by atoms with Crippen molar-refractivity contribution in [3.8, 4) is 5.88 Å². The molecular weight excluding hydrogens is 439 g/mol. The van der Waals surface area contributed by atoms with Gasteiger partial charge in [-0.1, -0.05) is 40.9 Å². The Hall–Kier alpha value is -2.14. The number of benzene rings is 1. The summed E-state index contributed by atoms with van der Waals surface area (Å²) in [7, 11) is -2.80. The normalized spacial score (nSPS) is 12.2. The molecule has 0 amide bonds. The predicted octanol–water partition coefficient (Wildman–Crippen LogP) is 3.19. The largest absolute Gasteiger partial charge is 0.480 e. The van der Waals surface area contributed by atoms with Gasteiger partial charge in [0.1, 0.15) is 10.5 Å². The van der Waals surface area contributed by atoms with Crippen LogP contribution < -0.4 is 9.46 Å². The van der Waals surface area contributed by atoms with Gasteiger partial charge in [0.15, 0.2) is 5.65 Å². The third kappa shape index (κ3) is 2.80. The third-order valence-corrected chi connectivity index (χ3v) is 5.98. The average Bonchev–Trinajstić information content (AvgIpc) is 3.09. The van der Waals surface area contributed by atoms with Gasteiger partial charge in [-0.05, 0) is 18.6 Å². The Labute approximate surface area is 167 Å². The molecule has 4 aromatic heterocycles. The molecule has 140 valence electrons. The van der Waals surface area contributed by atoms with E-state index in [1.165, 1.54) is 13.2 Å². The fourth-order valence-electron chi connectivity index (χ4n) is 2.47. The first-order valence-electron chi connectivity index (χ1n) is 7.29. The number of aromatic nitrogens is 5. The highest BCUT2D eigenvalue weighted by Crippen LogP contribution is 2.35. The number of hydrogen-bond donors (Lipinski definition) is 1. The van der Waals surface area contributed by atoms with Crippen LogP contribution in [-0.4, -0.2) is 40.1 Å². The second-order valence-corrected chi connectivity index (χ2v) is 8.21. The number of sulfonamides is 1. The summed E-state index contributed by atoms with van der Waals surface area (Å²) in [6.07, 6.45) is 0. The van der Waals surface area contributed by atoms with Gasteiger partial charge in [0.25, 0.3) is 21.0 Å². The van der Waals surface area contributed by atoms with Crippen molar-refractivity contribution >= 4 is 67.3 Å². The summed E-state index contributed by atoms with van der Waals surface area (Å²) in [6.45, 7) is 1.72. The topological polar surface area (TPSA) is 111 Å². The van der Waals surface area contributed by atoms with Crippen molar-refractivity contribution < 1.29 is 13.2 Å². The lowest BCUT2D eigenvalue weighted by atomic mass is 10.2. The molecule has 1 aromatic carbocycles. The number of nitrogens with zero attached hydrogens (tertiary/aromatic N) is 5. The van der Waals surface area contributed by atoms with Crippen molar-refractivity contribution in [2.45, 2.75) is 12.1 Å². The quantitative estimate of drug-likeness (QED) is 0.478. The Bertz CT molecular complexity index is 1310. The lowest BCUT2D eigenvalue weighted by Crippen LogP contribution is -2.15. The smallest absolute Gasteiger partial charge is 0.299 e. The minimum absolute atomic E-state index is 0.0393. The van der Waals surface area contributed by atoms with Crippen LogP contribution in [-0.2, 0) is 10.0 Å². The Morgan fingerprint density at radius 2 is 1.89 bits per heavy atom. The van der Waals surface area contributed by atoms with E-state index < -0.39 is 15.2 Å². The van der Waals surface area contributed by atoms with Gasteiger partial charge in [-0.2, -0.15) is 27.9 Å². The van der Waals surface area contributed by atoms with Crippen molar-refractivity contribution in [2.75, 3.05) is 11.8 Å². The average molecular weight is 448 g/mol. The van der Waals surface area contributed by atoms with Crippen LogP contribution >= 0.6 is 34.8 Å². The summed E-state index contributed by atoms with van der Waals surface area (Å²) in [5.41, 5.74) is 0.842. The molecule has 0 spiro atoms. The highest BCUT2D eigenvalue weighted by molar-refractivity contribution is 7.92. The molecule has 0 aliphatic rings. The first kappa shape index (κ1) is 18.2. The molecule has 27 heavy (non-hydrogen) atoms. The number of rotatable bonds is 4. The summed E-state index contributed by atoms with van der Waals surface area (Å²) in [6, 6.07) is 3.20. The van der Waals surface area contributed by atoms with Crippen LogP contribution in [0, 0.1) is 6.92 Å². The van der Waals surface area contributed by atoms with Gasteiger partial charge in [-0.25, -0.2) is 0 Å². The second-order valence-electron chi connectivity index (χ2n) is 5.49. The van der Waals surface area contributed by atoms with Crippen molar-refractivity contribution in [1.82, 2.24) is 24.6 Å². The van der Waals surface area contributed by atoms with Gasteiger partial charge < -0.3 is 4.74 Å². The molecule has 1 N–H and O–H groups in total. The fraction of sp³-hybridized carbons (Fsp3) is 0.143. The number of ether oxygens (including phenoxy) is 1. The summed E-state index contributed by atoms with van der Waals surface area (Å²) >= 11 is 18.3. The first-order valence-corrected chi connectivity index (χ1v) is 9.91. The number of nitrogens with one attached hydrogen (secondary N) is 1. The van der Waals surface area contributed by atoms with Crippen LogP contribution in [0.5, 0.6) is 5.88 Å². The maximum absolute atomic E-state index is 12.8. The molecule has 5 aromatic rings. The zero-order valence-corrected chi connectivity index (χ0v) is 16.7. The molecule has 0 fully saturated rings. The molecule has 0 aliphatic heterocycles. The van der Waals surface area contributed by atoms with E-state index in [0.717, 1.165) is 4.52 Å². The number of halogens is 3. The first-order chi connectivity index (χ1) is 12.7. The third-order valence-electron chi connectivity index (χ3n) is 3.77. The molecule has 13 heteroatoms. The van der Waals surface area contributed by atoms with Crippen LogP contribution in [0.15, 0.2) is 17.3 Å². The van der Waals surface area contributed by atoms with Crippen molar-refractivity contribution in [1.29, 1.82) is 0 Å². The summed E-state index contributed by atoms with van der Waals surface area (Å²) < 4.78 is 34.2. The Kier molecular flexibility index (Phi) is 4.18. The molecule has 0 atom stereocenters. The minimum atomic E-state index is -4.20. The van der Waals surface area contributed by atoms with Crippen molar-refractivity contribution in [3.05, 3.63) is 32.9 Å². The molecule has 9 nitrogen and oxygen atoms in total. The molecule has 0 unspecified atom stereocenters. The predicted molar refractivity (Wildman–Crippen MR) is 101 cm³/mol. The van der Waals surface area contributed by atoms with Crippen LogP contribution in [0.2, 0.25) is 15.2 Å². The van der Waals surface area contributed by atoms with Gasteiger partial charge in [0.05, 0.1) is 22.8 Å². The summed E-state index contributed by atoms with van der Waals surface area (Å²) in [5.74, 6) is 0.217. The molecule has 0 saturated carbocycles. The number of anilines is 1. The fourth-order valence-corrected chi connectivity index (χ4v) is 4.26. The summed E-state index contributed by atoms with van der Waals surface area (Å²) in [5, 5.41) is 4.09. The van der Waals surface area contributed by atoms with Gasteiger partial charge in [0, 0.05) is 0 Å². The van der Waals surface area contributed by atoms with E-state index in [1.54, 1.807) is 13.0 Å². The highest BCUT2D eigenvalue weighted by Gasteiger charge is 2.27. The van der Waals surface area contributed by atoms with E-state index in [1.807, 2.05) is 0 Å². The van der Waals surface area contributed by atoms with Gasteiger partial charge in [0.2, 0.25) is 5.88 Å². The Balaban J connectivity index is 1.87. The van der Waals surface area contributed by atoms with E-state index in [2.05, 4.69) is 24.8 Å². The van der Waals surface area contributed by atoms with Gasteiger partial charge in [-0.3, -0.25) is 4.72 Å². The lowest BCUT2D eigenvalue weighted by molar-refractivity contribution is 0.402. The van der Waals surface area contributed by atoms with Crippen LogP contribution in [0.4, 0.5) is 5.69 Å². The van der Waals surface area contributed by atoms with Crippen molar-refractivity contribution in [3.63, 3.8) is 0 Å². The van der Waals surface area contributed by atoms with Crippen LogP contribution in [0.25, 0.3) is 16.8 Å². The number of hydrogen-bond acceptors (Lipinski definition) is 7. The SMILES string of the molecule is COc1nc2nc(Cl)c1c1nc(S(=O)(=O)Nc3c(Cl)ccc(C)c3Cl)nn21.